The summed E-state index contributed by atoms with van der Waals surface area (Å²) >= 11 is 0. The first-order valence-corrected chi connectivity index (χ1v) is 10.3. The molecular weight excluding hydrogens is 362 g/mol. The van der Waals surface area contributed by atoms with Crippen LogP contribution in [-0.2, 0) is 9.59 Å². The molecule has 4 atom stereocenters. The lowest BCUT2D eigenvalue weighted by Crippen LogP contribution is -2.42. The third-order valence-electron chi connectivity index (χ3n) is 6.53. The molecule has 1 heterocycles. The number of likely N-dealkylation sites (tertiary alicyclic amines) is 1. The Hall–Kier alpha value is -2.72. The molecule has 29 heavy (non-hydrogen) atoms. The number of carbonyl (C=O) groups excluding carboxylic acids is 2. The fourth-order valence-electron chi connectivity index (χ4n) is 5.03. The SMILES string of the molecule is CC12C(=O)N(CCCCO)C(=O)C1C(c1ccccc1)C=CC2c1ccccc1. The number of hydrogen-bond acceptors (Lipinski definition) is 3. The molecule has 2 aromatic rings. The van der Waals surface area contributed by atoms with Crippen molar-refractivity contribution in [1.29, 1.82) is 0 Å². The summed E-state index contributed by atoms with van der Waals surface area (Å²) in [7, 11) is 0. The van der Waals surface area contributed by atoms with Crippen molar-refractivity contribution in [3.63, 3.8) is 0 Å². The van der Waals surface area contributed by atoms with Crippen molar-refractivity contribution in [3.8, 4) is 0 Å². The molecule has 4 rings (SSSR count). The fraction of sp³-hybridized carbons (Fsp3) is 0.360. The highest BCUT2D eigenvalue weighted by Crippen LogP contribution is 2.57. The maximum atomic E-state index is 13.6. The van der Waals surface area contributed by atoms with E-state index in [0.29, 0.717) is 19.4 Å². The minimum Gasteiger partial charge on any atom is -0.396 e. The van der Waals surface area contributed by atoms with Crippen LogP contribution in [0.4, 0.5) is 0 Å². The van der Waals surface area contributed by atoms with Gasteiger partial charge in [0.05, 0.1) is 11.3 Å². The van der Waals surface area contributed by atoms with Gasteiger partial charge >= 0.3 is 0 Å². The Morgan fingerprint density at radius 2 is 1.52 bits per heavy atom. The van der Waals surface area contributed by atoms with E-state index in [0.717, 1.165) is 11.1 Å². The van der Waals surface area contributed by atoms with Gasteiger partial charge in [0.2, 0.25) is 11.8 Å². The molecule has 4 nitrogen and oxygen atoms in total. The molecule has 2 aromatic carbocycles. The Balaban J connectivity index is 1.79. The Labute approximate surface area is 171 Å². The third kappa shape index (κ3) is 3.22. The number of rotatable bonds is 6. The first-order chi connectivity index (χ1) is 14.1. The van der Waals surface area contributed by atoms with Gasteiger partial charge in [0.1, 0.15) is 0 Å². The van der Waals surface area contributed by atoms with Gasteiger partial charge in [0, 0.05) is 25.0 Å². The number of amides is 2. The molecule has 0 saturated carbocycles. The molecule has 0 aromatic heterocycles. The summed E-state index contributed by atoms with van der Waals surface area (Å²) in [5, 5.41) is 9.11. The normalized spacial score (nSPS) is 28.6. The zero-order chi connectivity index (χ0) is 20.4. The number of fused-ring (bicyclic) bond motifs is 1. The van der Waals surface area contributed by atoms with Crippen LogP contribution in [0.15, 0.2) is 72.8 Å². The molecule has 0 bridgehead atoms. The number of imide groups is 1. The molecule has 0 spiro atoms. The fourth-order valence-corrected chi connectivity index (χ4v) is 5.03. The van der Waals surface area contributed by atoms with Crippen LogP contribution in [-0.4, -0.2) is 35.0 Å². The van der Waals surface area contributed by atoms with E-state index in [-0.39, 0.29) is 30.3 Å². The Bertz CT molecular complexity index is 908. The molecule has 1 aliphatic carbocycles. The van der Waals surface area contributed by atoms with E-state index < -0.39 is 11.3 Å². The van der Waals surface area contributed by atoms with Gasteiger partial charge in [-0.3, -0.25) is 14.5 Å². The van der Waals surface area contributed by atoms with E-state index in [1.54, 1.807) is 0 Å². The zero-order valence-corrected chi connectivity index (χ0v) is 16.7. The van der Waals surface area contributed by atoms with Gasteiger partial charge < -0.3 is 5.11 Å². The van der Waals surface area contributed by atoms with E-state index in [9.17, 15) is 9.59 Å². The lowest BCUT2D eigenvalue weighted by molar-refractivity contribution is -0.141. The summed E-state index contributed by atoms with van der Waals surface area (Å²) in [5.74, 6) is -0.880. The average Bonchev–Trinajstić information content (AvgIpc) is 2.95. The highest BCUT2D eigenvalue weighted by Gasteiger charge is 2.62. The number of aliphatic hydroxyl groups is 1. The summed E-state index contributed by atoms with van der Waals surface area (Å²) in [5.41, 5.74) is 1.29. The predicted molar refractivity (Wildman–Crippen MR) is 112 cm³/mol. The molecule has 150 valence electrons. The first-order valence-electron chi connectivity index (χ1n) is 10.3. The molecule has 1 fully saturated rings. The molecule has 1 aliphatic heterocycles. The quantitative estimate of drug-likeness (QED) is 0.463. The number of hydrogen-bond donors (Lipinski definition) is 1. The molecule has 4 unspecified atom stereocenters. The van der Waals surface area contributed by atoms with E-state index in [2.05, 4.69) is 12.2 Å². The van der Waals surface area contributed by atoms with Gasteiger partial charge in [0.25, 0.3) is 0 Å². The maximum absolute atomic E-state index is 13.6. The molecular formula is C25H27NO3. The molecule has 4 heteroatoms. The Morgan fingerprint density at radius 3 is 2.14 bits per heavy atom. The molecule has 2 amide bonds. The van der Waals surface area contributed by atoms with Gasteiger partial charge in [-0.25, -0.2) is 0 Å². The summed E-state index contributed by atoms with van der Waals surface area (Å²) in [4.78, 5) is 28.6. The smallest absolute Gasteiger partial charge is 0.236 e. The Morgan fingerprint density at radius 1 is 0.897 bits per heavy atom. The monoisotopic (exact) mass is 389 g/mol. The molecule has 2 aliphatic rings. The van der Waals surface area contributed by atoms with Crippen molar-refractivity contribution in [2.45, 2.75) is 31.6 Å². The minimum atomic E-state index is -0.826. The van der Waals surface area contributed by atoms with Crippen molar-refractivity contribution < 1.29 is 14.7 Å². The van der Waals surface area contributed by atoms with E-state index in [1.165, 1.54) is 4.90 Å². The van der Waals surface area contributed by atoms with Crippen LogP contribution in [0.25, 0.3) is 0 Å². The van der Waals surface area contributed by atoms with Crippen molar-refractivity contribution >= 4 is 11.8 Å². The maximum Gasteiger partial charge on any atom is 0.236 e. The van der Waals surface area contributed by atoms with Gasteiger partial charge in [-0.2, -0.15) is 0 Å². The van der Waals surface area contributed by atoms with Gasteiger partial charge in [0.15, 0.2) is 0 Å². The Kier molecular flexibility index (Phi) is 5.37. The highest BCUT2D eigenvalue weighted by atomic mass is 16.3. The lowest BCUT2D eigenvalue weighted by atomic mass is 9.58. The van der Waals surface area contributed by atoms with Crippen molar-refractivity contribution in [2.24, 2.45) is 11.3 Å². The van der Waals surface area contributed by atoms with Crippen LogP contribution >= 0.6 is 0 Å². The summed E-state index contributed by atoms with van der Waals surface area (Å²) in [6.07, 6.45) is 5.44. The van der Waals surface area contributed by atoms with Crippen molar-refractivity contribution in [1.82, 2.24) is 4.90 Å². The van der Waals surface area contributed by atoms with E-state index in [1.807, 2.05) is 67.6 Å². The number of benzene rings is 2. The van der Waals surface area contributed by atoms with Crippen LogP contribution in [0.5, 0.6) is 0 Å². The van der Waals surface area contributed by atoms with E-state index >= 15 is 0 Å². The zero-order valence-electron chi connectivity index (χ0n) is 16.7. The van der Waals surface area contributed by atoms with Crippen LogP contribution in [0.3, 0.4) is 0 Å². The number of allylic oxidation sites excluding steroid dienone is 2. The highest BCUT2D eigenvalue weighted by molar-refractivity contribution is 6.08. The predicted octanol–water partition coefficient (Wildman–Crippen LogP) is 3.89. The minimum absolute atomic E-state index is 0.0672. The number of unbranched alkanes of at least 4 members (excludes halogenated alkanes) is 1. The number of aliphatic hydroxyl groups excluding tert-OH is 1. The number of nitrogens with zero attached hydrogens (tertiary/aromatic N) is 1. The van der Waals surface area contributed by atoms with Crippen LogP contribution < -0.4 is 0 Å². The van der Waals surface area contributed by atoms with Gasteiger partial charge in [-0.15, -0.1) is 0 Å². The molecule has 0 radical (unpaired) electrons. The van der Waals surface area contributed by atoms with Gasteiger partial charge in [-0.05, 0) is 30.9 Å². The second-order valence-electron chi connectivity index (χ2n) is 8.20. The summed E-state index contributed by atoms with van der Waals surface area (Å²) < 4.78 is 0. The second-order valence-corrected chi connectivity index (χ2v) is 8.20. The number of carbonyl (C=O) groups is 2. The topological polar surface area (TPSA) is 57.6 Å². The molecule has 1 N–H and O–H groups in total. The van der Waals surface area contributed by atoms with Crippen molar-refractivity contribution in [2.75, 3.05) is 13.2 Å². The van der Waals surface area contributed by atoms with Gasteiger partial charge in [-0.1, -0.05) is 72.8 Å². The average molecular weight is 389 g/mol. The summed E-state index contributed by atoms with van der Waals surface area (Å²) in [6, 6.07) is 20.0. The van der Waals surface area contributed by atoms with Crippen LogP contribution in [0.1, 0.15) is 42.7 Å². The van der Waals surface area contributed by atoms with Crippen LogP contribution in [0, 0.1) is 11.3 Å². The van der Waals surface area contributed by atoms with Crippen molar-refractivity contribution in [3.05, 3.63) is 83.9 Å². The first kappa shape index (κ1) is 19.6. The lowest BCUT2D eigenvalue weighted by Gasteiger charge is -2.41. The summed E-state index contributed by atoms with van der Waals surface area (Å²) in [6.45, 7) is 2.39. The standard InChI is InChI=1S/C25H27NO3/c1-25-21(19-12-6-3-7-13-19)15-14-20(18-10-4-2-5-11-18)22(25)23(28)26(24(25)29)16-8-9-17-27/h2-7,10-15,20-22,27H,8-9,16-17H2,1H3. The third-order valence-corrected chi connectivity index (χ3v) is 6.53. The second kappa shape index (κ2) is 7.96. The van der Waals surface area contributed by atoms with E-state index in [4.69, 9.17) is 5.11 Å². The largest absolute Gasteiger partial charge is 0.396 e. The van der Waals surface area contributed by atoms with Crippen LogP contribution in [0.2, 0.25) is 0 Å². The molecule has 1 saturated heterocycles.